The Labute approximate surface area is 128 Å². The summed E-state index contributed by atoms with van der Waals surface area (Å²) in [4.78, 5) is 10.9. The van der Waals surface area contributed by atoms with Crippen molar-refractivity contribution in [3.8, 4) is 6.07 Å². The molecule has 2 aromatic carbocycles. The predicted molar refractivity (Wildman–Crippen MR) is 80.9 cm³/mol. The maximum absolute atomic E-state index is 12.2. The average Bonchev–Trinajstić information content (AvgIpc) is 2.46. The third-order valence-electron chi connectivity index (χ3n) is 3.00. The summed E-state index contributed by atoms with van der Waals surface area (Å²) in [5.74, 6) is -1.54. The van der Waals surface area contributed by atoms with E-state index in [0.29, 0.717) is 16.7 Å². The Bertz CT molecular complexity index is 850. The molecule has 0 aromatic heterocycles. The van der Waals surface area contributed by atoms with Gasteiger partial charge in [-0.2, -0.15) is 5.26 Å². The molecule has 0 bridgehead atoms. The number of benzene rings is 2. The summed E-state index contributed by atoms with van der Waals surface area (Å²) in [6.45, 7) is 0. The molecule has 0 fully saturated rings. The molecule has 2 aromatic rings. The standard InChI is InChI=1S/C16H13NO4S/c17-9-12-3-1-4-13(7-12)10-22(20,21)11-14-5-2-6-15(8-14)16(18)19/h1-8H,10-11H2,(H,18,19). The van der Waals surface area contributed by atoms with Gasteiger partial charge < -0.3 is 5.11 Å². The minimum Gasteiger partial charge on any atom is -0.478 e. The molecule has 0 saturated heterocycles. The number of sulfone groups is 1. The molecule has 0 aliphatic rings. The Hall–Kier alpha value is -2.65. The van der Waals surface area contributed by atoms with Crippen molar-refractivity contribution in [1.82, 2.24) is 0 Å². The Morgan fingerprint density at radius 3 is 2.23 bits per heavy atom. The summed E-state index contributed by atoms with van der Waals surface area (Å²) < 4.78 is 24.4. The lowest BCUT2D eigenvalue weighted by Gasteiger charge is -2.06. The summed E-state index contributed by atoms with van der Waals surface area (Å²) in [6.07, 6.45) is 0. The zero-order valence-corrected chi connectivity index (χ0v) is 12.4. The van der Waals surface area contributed by atoms with E-state index in [1.807, 2.05) is 6.07 Å². The Balaban J connectivity index is 2.19. The summed E-state index contributed by atoms with van der Waals surface area (Å²) in [7, 11) is -3.46. The first-order valence-corrected chi connectivity index (χ1v) is 8.23. The van der Waals surface area contributed by atoms with Crippen LogP contribution in [0.15, 0.2) is 48.5 Å². The minimum atomic E-state index is -3.46. The van der Waals surface area contributed by atoms with Crippen LogP contribution in [-0.2, 0) is 21.3 Å². The van der Waals surface area contributed by atoms with Crippen molar-refractivity contribution in [2.24, 2.45) is 0 Å². The maximum Gasteiger partial charge on any atom is 0.335 e. The van der Waals surface area contributed by atoms with Crippen molar-refractivity contribution in [2.45, 2.75) is 11.5 Å². The molecule has 2 rings (SSSR count). The average molecular weight is 315 g/mol. The van der Waals surface area contributed by atoms with Gasteiger partial charge in [0.25, 0.3) is 0 Å². The number of nitrogens with zero attached hydrogens (tertiary/aromatic N) is 1. The minimum absolute atomic E-state index is 0.0548. The first kappa shape index (κ1) is 15.7. The van der Waals surface area contributed by atoms with Crippen LogP contribution in [0.5, 0.6) is 0 Å². The molecule has 112 valence electrons. The summed E-state index contributed by atoms with van der Waals surface area (Å²) >= 11 is 0. The number of hydrogen-bond acceptors (Lipinski definition) is 4. The van der Waals surface area contributed by atoms with Gasteiger partial charge >= 0.3 is 5.97 Å². The second-order valence-corrected chi connectivity index (χ2v) is 6.91. The lowest BCUT2D eigenvalue weighted by molar-refractivity contribution is 0.0696. The molecule has 0 saturated carbocycles. The third kappa shape index (κ3) is 4.17. The normalized spacial score (nSPS) is 10.9. The Morgan fingerprint density at radius 2 is 1.64 bits per heavy atom. The molecule has 0 atom stereocenters. The van der Waals surface area contributed by atoms with Crippen LogP contribution in [0.4, 0.5) is 0 Å². The Morgan fingerprint density at radius 1 is 1.05 bits per heavy atom. The van der Waals surface area contributed by atoms with Crippen LogP contribution < -0.4 is 0 Å². The van der Waals surface area contributed by atoms with E-state index >= 15 is 0 Å². The van der Waals surface area contributed by atoms with Gasteiger partial charge in [0.05, 0.1) is 28.7 Å². The van der Waals surface area contributed by atoms with Gasteiger partial charge in [0.2, 0.25) is 0 Å². The van der Waals surface area contributed by atoms with Gasteiger partial charge in [-0.05, 0) is 35.4 Å². The molecule has 0 amide bonds. The van der Waals surface area contributed by atoms with E-state index in [1.165, 1.54) is 24.3 Å². The predicted octanol–water partition coefficient (Wildman–Crippen LogP) is 2.37. The monoisotopic (exact) mass is 315 g/mol. The van der Waals surface area contributed by atoms with Crippen LogP contribution in [0.1, 0.15) is 27.0 Å². The quantitative estimate of drug-likeness (QED) is 0.914. The zero-order chi connectivity index (χ0) is 16.2. The second-order valence-electron chi connectivity index (χ2n) is 4.85. The first-order valence-electron chi connectivity index (χ1n) is 6.41. The van der Waals surface area contributed by atoms with Crippen LogP contribution in [0.3, 0.4) is 0 Å². The molecular weight excluding hydrogens is 302 g/mol. The molecule has 5 nitrogen and oxygen atoms in total. The number of hydrogen-bond donors (Lipinski definition) is 1. The van der Waals surface area contributed by atoms with Crippen LogP contribution in [-0.4, -0.2) is 19.5 Å². The van der Waals surface area contributed by atoms with E-state index < -0.39 is 15.8 Å². The highest BCUT2D eigenvalue weighted by molar-refractivity contribution is 7.89. The highest BCUT2D eigenvalue weighted by Gasteiger charge is 2.14. The van der Waals surface area contributed by atoms with E-state index in [9.17, 15) is 13.2 Å². The first-order chi connectivity index (χ1) is 10.4. The van der Waals surface area contributed by atoms with Crippen molar-refractivity contribution in [2.75, 3.05) is 0 Å². The second kappa shape index (κ2) is 6.41. The van der Waals surface area contributed by atoms with Crippen LogP contribution >= 0.6 is 0 Å². The van der Waals surface area contributed by atoms with E-state index in [1.54, 1.807) is 24.3 Å². The SMILES string of the molecule is N#Cc1cccc(CS(=O)(=O)Cc2cccc(C(=O)O)c2)c1. The van der Waals surface area contributed by atoms with Crippen LogP contribution in [0.2, 0.25) is 0 Å². The number of aromatic carboxylic acids is 1. The fraction of sp³-hybridized carbons (Fsp3) is 0.125. The van der Waals surface area contributed by atoms with Gasteiger partial charge in [-0.15, -0.1) is 0 Å². The molecular formula is C16H13NO4S. The summed E-state index contributed by atoms with van der Waals surface area (Å²) in [6, 6.07) is 14.2. The largest absolute Gasteiger partial charge is 0.478 e. The fourth-order valence-electron chi connectivity index (χ4n) is 2.08. The van der Waals surface area contributed by atoms with Crippen molar-refractivity contribution >= 4 is 15.8 Å². The summed E-state index contributed by atoms with van der Waals surface area (Å²) in [5, 5.41) is 17.7. The molecule has 0 radical (unpaired) electrons. The van der Waals surface area contributed by atoms with Crippen molar-refractivity contribution in [1.29, 1.82) is 5.26 Å². The van der Waals surface area contributed by atoms with Gasteiger partial charge in [-0.1, -0.05) is 24.3 Å². The van der Waals surface area contributed by atoms with E-state index in [2.05, 4.69) is 0 Å². The molecule has 0 unspecified atom stereocenters. The molecule has 22 heavy (non-hydrogen) atoms. The van der Waals surface area contributed by atoms with Gasteiger partial charge in [0.1, 0.15) is 0 Å². The summed E-state index contributed by atoms with van der Waals surface area (Å²) in [5.41, 5.74) is 1.42. The van der Waals surface area contributed by atoms with Gasteiger partial charge in [0.15, 0.2) is 9.84 Å². The van der Waals surface area contributed by atoms with Gasteiger partial charge in [-0.25, -0.2) is 13.2 Å². The van der Waals surface area contributed by atoms with Crippen molar-refractivity contribution in [3.05, 3.63) is 70.8 Å². The van der Waals surface area contributed by atoms with Crippen molar-refractivity contribution in [3.63, 3.8) is 0 Å². The lowest BCUT2D eigenvalue weighted by Crippen LogP contribution is -2.08. The number of rotatable bonds is 5. The zero-order valence-electron chi connectivity index (χ0n) is 11.6. The lowest BCUT2D eigenvalue weighted by atomic mass is 10.1. The fourth-order valence-corrected chi connectivity index (χ4v) is 3.56. The smallest absolute Gasteiger partial charge is 0.335 e. The third-order valence-corrected chi connectivity index (χ3v) is 4.55. The maximum atomic E-state index is 12.2. The van der Waals surface area contributed by atoms with E-state index in [4.69, 9.17) is 10.4 Å². The van der Waals surface area contributed by atoms with Crippen LogP contribution in [0, 0.1) is 11.3 Å². The van der Waals surface area contributed by atoms with Gasteiger partial charge in [-0.3, -0.25) is 0 Å². The van der Waals surface area contributed by atoms with E-state index in [-0.39, 0.29) is 17.1 Å². The molecule has 6 heteroatoms. The highest BCUT2D eigenvalue weighted by atomic mass is 32.2. The van der Waals surface area contributed by atoms with E-state index in [0.717, 1.165) is 0 Å². The molecule has 0 aliphatic heterocycles. The van der Waals surface area contributed by atoms with Crippen LogP contribution in [0.25, 0.3) is 0 Å². The molecule has 0 heterocycles. The van der Waals surface area contributed by atoms with Gasteiger partial charge in [0, 0.05) is 0 Å². The number of carboxylic acids is 1. The number of nitriles is 1. The Kier molecular flexibility index (Phi) is 4.59. The van der Waals surface area contributed by atoms with Crippen molar-refractivity contribution < 1.29 is 18.3 Å². The number of carbonyl (C=O) groups is 1. The molecule has 0 aliphatic carbocycles. The number of carboxylic acid groups (broad SMARTS) is 1. The molecule has 1 N–H and O–H groups in total. The molecule has 0 spiro atoms. The topological polar surface area (TPSA) is 95.2 Å². The highest BCUT2D eigenvalue weighted by Crippen LogP contribution is 2.15.